The van der Waals surface area contributed by atoms with Crippen molar-refractivity contribution in [3.8, 4) is 6.07 Å². The van der Waals surface area contributed by atoms with Crippen LogP contribution in [-0.2, 0) is 0 Å². The quantitative estimate of drug-likeness (QED) is 0.685. The van der Waals surface area contributed by atoms with Crippen molar-refractivity contribution in [3.63, 3.8) is 0 Å². The molecule has 82 valence electrons. The van der Waals surface area contributed by atoms with E-state index in [1.165, 1.54) is 0 Å². The van der Waals surface area contributed by atoms with Gasteiger partial charge in [-0.05, 0) is 18.2 Å². The van der Waals surface area contributed by atoms with Gasteiger partial charge in [-0.15, -0.1) is 0 Å². The number of hydrogen-bond acceptors (Lipinski definition) is 3. The molecule has 3 nitrogen and oxygen atoms in total. The molecule has 3 aromatic rings. The van der Waals surface area contributed by atoms with Crippen LogP contribution in [0.15, 0.2) is 40.8 Å². The van der Waals surface area contributed by atoms with Gasteiger partial charge in [0.2, 0.25) is 0 Å². The average molecular weight is 222 g/mol. The topological polar surface area (TPSA) is 49.0 Å². The molecule has 17 heavy (non-hydrogen) atoms. The van der Waals surface area contributed by atoms with Gasteiger partial charge in [-0.3, -0.25) is 0 Å². The Labute approximate surface area is 98.3 Å². The van der Waals surface area contributed by atoms with Crippen LogP contribution in [0.3, 0.4) is 0 Å². The minimum Gasteiger partial charge on any atom is -0.456 e. The summed E-state index contributed by atoms with van der Waals surface area (Å²) >= 11 is 0. The van der Waals surface area contributed by atoms with E-state index in [-0.39, 0.29) is 0 Å². The first-order valence-corrected chi connectivity index (χ1v) is 5.37. The smallest absolute Gasteiger partial charge is 0.136 e. The lowest BCUT2D eigenvalue weighted by Crippen LogP contribution is -1.92. The second-order valence-corrected chi connectivity index (χ2v) is 3.82. The molecule has 1 aromatic heterocycles. The fourth-order valence-electron chi connectivity index (χ4n) is 2.14. The van der Waals surface area contributed by atoms with Gasteiger partial charge in [0.15, 0.2) is 0 Å². The molecule has 1 N–H and O–H groups in total. The van der Waals surface area contributed by atoms with Gasteiger partial charge in [-0.2, -0.15) is 5.26 Å². The zero-order chi connectivity index (χ0) is 11.8. The Morgan fingerprint density at radius 1 is 1.12 bits per heavy atom. The summed E-state index contributed by atoms with van der Waals surface area (Å²) in [6.07, 6.45) is 0. The summed E-state index contributed by atoms with van der Waals surface area (Å²) < 4.78 is 5.72. The molecule has 3 rings (SSSR count). The standard InChI is InChI=1S/C14H10N2O/c1-16-11-6-7-13-14(10(11)8-15)9-4-2-3-5-12(9)17-13/h2-7,16H,1H3. The number of benzene rings is 2. The molecule has 0 amide bonds. The number of nitrogens with zero attached hydrogens (tertiary/aromatic N) is 1. The monoisotopic (exact) mass is 222 g/mol. The fraction of sp³-hybridized carbons (Fsp3) is 0.0714. The molecule has 2 aromatic carbocycles. The molecule has 0 saturated heterocycles. The van der Waals surface area contributed by atoms with Gasteiger partial charge in [-0.1, -0.05) is 18.2 Å². The van der Waals surface area contributed by atoms with Gasteiger partial charge in [-0.25, -0.2) is 0 Å². The third kappa shape index (κ3) is 1.28. The Hall–Kier alpha value is -2.47. The first-order chi connectivity index (χ1) is 8.35. The highest BCUT2D eigenvalue weighted by Gasteiger charge is 2.13. The van der Waals surface area contributed by atoms with Crippen LogP contribution in [0, 0.1) is 11.3 Å². The van der Waals surface area contributed by atoms with E-state index < -0.39 is 0 Å². The number of hydrogen-bond donors (Lipinski definition) is 1. The second-order valence-electron chi connectivity index (χ2n) is 3.82. The van der Waals surface area contributed by atoms with Crippen molar-refractivity contribution in [3.05, 3.63) is 42.0 Å². The van der Waals surface area contributed by atoms with Crippen LogP contribution in [0.5, 0.6) is 0 Å². The van der Waals surface area contributed by atoms with Crippen LogP contribution >= 0.6 is 0 Å². The molecule has 0 fully saturated rings. The molecule has 0 saturated carbocycles. The minimum atomic E-state index is 0.634. The molecule has 0 unspecified atom stereocenters. The first-order valence-electron chi connectivity index (χ1n) is 5.37. The van der Waals surface area contributed by atoms with Gasteiger partial charge in [0, 0.05) is 17.8 Å². The summed E-state index contributed by atoms with van der Waals surface area (Å²) in [5.74, 6) is 0. The number of nitrogens with one attached hydrogen (secondary N) is 1. The predicted octanol–water partition coefficient (Wildman–Crippen LogP) is 3.50. The lowest BCUT2D eigenvalue weighted by Gasteiger charge is -2.02. The summed E-state index contributed by atoms with van der Waals surface area (Å²) in [5, 5.41) is 14.2. The average Bonchev–Trinajstić information content (AvgIpc) is 2.76. The highest BCUT2D eigenvalue weighted by atomic mass is 16.3. The van der Waals surface area contributed by atoms with E-state index in [4.69, 9.17) is 4.42 Å². The Bertz CT molecular complexity index is 750. The molecular weight excluding hydrogens is 212 g/mol. The molecule has 0 aliphatic carbocycles. The van der Waals surface area contributed by atoms with E-state index in [1.54, 1.807) is 0 Å². The van der Waals surface area contributed by atoms with Crippen LogP contribution < -0.4 is 5.32 Å². The normalized spacial score (nSPS) is 10.6. The van der Waals surface area contributed by atoms with Crippen LogP contribution in [0.1, 0.15) is 5.56 Å². The first kappa shape index (κ1) is 9.73. The molecule has 0 radical (unpaired) electrons. The fourth-order valence-corrected chi connectivity index (χ4v) is 2.14. The van der Waals surface area contributed by atoms with E-state index in [0.29, 0.717) is 5.56 Å². The van der Waals surface area contributed by atoms with Gasteiger partial charge >= 0.3 is 0 Å². The summed E-state index contributed by atoms with van der Waals surface area (Å²) in [6.45, 7) is 0. The molecule has 0 aliphatic rings. The van der Waals surface area contributed by atoms with Gasteiger partial charge < -0.3 is 9.73 Å². The van der Waals surface area contributed by atoms with E-state index in [9.17, 15) is 5.26 Å². The van der Waals surface area contributed by atoms with Crippen molar-refractivity contribution in [2.45, 2.75) is 0 Å². The third-order valence-corrected chi connectivity index (χ3v) is 2.92. The maximum atomic E-state index is 9.29. The number of para-hydroxylation sites is 1. The number of furan rings is 1. The zero-order valence-electron chi connectivity index (χ0n) is 9.32. The summed E-state index contributed by atoms with van der Waals surface area (Å²) in [4.78, 5) is 0. The van der Waals surface area contributed by atoms with Crippen LogP contribution in [0.4, 0.5) is 5.69 Å². The summed E-state index contributed by atoms with van der Waals surface area (Å²) in [7, 11) is 1.81. The summed E-state index contributed by atoms with van der Waals surface area (Å²) in [5.41, 5.74) is 3.02. The Morgan fingerprint density at radius 3 is 2.71 bits per heavy atom. The highest BCUT2D eigenvalue weighted by molar-refractivity contribution is 6.09. The highest BCUT2D eigenvalue weighted by Crippen LogP contribution is 2.34. The molecule has 3 heteroatoms. The van der Waals surface area contributed by atoms with Crippen molar-refractivity contribution in [1.82, 2.24) is 0 Å². The Morgan fingerprint density at radius 2 is 1.94 bits per heavy atom. The van der Waals surface area contributed by atoms with E-state index >= 15 is 0 Å². The number of rotatable bonds is 1. The number of fused-ring (bicyclic) bond motifs is 3. The molecule has 0 aliphatic heterocycles. The van der Waals surface area contributed by atoms with Crippen molar-refractivity contribution in [1.29, 1.82) is 5.26 Å². The maximum Gasteiger partial charge on any atom is 0.136 e. The second kappa shape index (κ2) is 3.53. The Kier molecular flexibility index (Phi) is 2.02. The van der Waals surface area contributed by atoms with Crippen LogP contribution in [0.25, 0.3) is 21.9 Å². The largest absolute Gasteiger partial charge is 0.456 e. The third-order valence-electron chi connectivity index (χ3n) is 2.92. The molecular formula is C14H10N2O. The van der Waals surface area contributed by atoms with Gasteiger partial charge in [0.05, 0.1) is 11.3 Å². The number of anilines is 1. The lowest BCUT2D eigenvalue weighted by atomic mass is 10.1. The van der Waals surface area contributed by atoms with Crippen molar-refractivity contribution < 1.29 is 4.42 Å². The molecule has 0 atom stereocenters. The Balaban J connectivity index is 2.57. The van der Waals surface area contributed by atoms with Crippen molar-refractivity contribution in [2.24, 2.45) is 0 Å². The number of nitriles is 1. The molecule has 0 bridgehead atoms. The van der Waals surface area contributed by atoms with E-state index in [1.807, 2.05) is 43.4 Å². The van der Waals surface area contributed by atoms with E-state index in [2.05, 4.69) is 11.4 Å². The van der Waals surface area contributed by atoms with E-state index in [0.717, 1.165) is 27.6 Å². The van der Waals surface area contributed by atoms with Crippen LogP contribution in [0.2, 0.25) is 0 Å². The maximum absolute atomic E-state index is 9.29. The van der Waals surface area contributed by atoms with Gasteiger partial charge in [0.25, 0.3) is 0 Å². The zero-order valence-corrected chi connectivity index (χ0v) is 9.32. The molecule has 0 spiro atoms. The van der Waals surface area contributed by atoms with Crippen molar-refractivity contribution in [2.75, 3.05) is 12.4 Å². The minimum absolute atomic E-state index is 0.634. The molecule has 1 heterocycles. The van der Waals surface area contributed by atoms with Crippen molar-refractivity contribution >= 4 is 27.6 Å². The SMILES string of the molecule is CNc1ccc2oc3ccccc3c2c1C#N. The van der Waals surface area contributed by atoms with Gasteiger partial charge in [0.1, 0.15) is 17.2 Å². The predicted molar refractivity (Wildman–Crippen MR) is 68.0 cm³/mol. The lowest BCUT2D eigenvalue weighted by molar-refractivity contribution is 0.669. The van der Waals surface area contributed by atoms with Crippen LogP contribution in [-0.4, -0.2) is 7.05 Å². The summed E-state index contributed by atoms with van der Waals surface area (Å²) in [6, 6.07) is 13.8.